The zero-order valence-corrected chi connectivity index (χ0v) is 14.7. The Bertz CT molecular complexity index is 769. The summed E-state index contributed by atoms with van der Waals surface area (Å²) in [5, 5.41) is 3.19. The highest BCUT2D eigenvalue weighted by Gasteiger charge is 2.15. The first kappa shape index (κ1) is 17.3. The predicted molar refractivity (Wildman–Crippen MR) is 94.3 cm³/mol. The molecule has 0 bridgehead atoms. The fraction of sp³-hybridized carbons (Fsp3) is 0.353. The van der Waals surface area contributed by atoms with Crippen LogP contribution in [0.5, 0.6) is 0 Å². The third kappa shape index (κ3) is 4.69. The van der Waals surface area contributed by atoms with E-state index in [4.69, 9.17) is 0 Å². The van der Waals surface area contributed by atoms with Crippen LogP contribution in [0.25, 0.3) is 0 Å². The molecule has 0 spiro atoms. The highest BCUT2D eigenvalue weighted by molar-refractivity contribution is 7.92. The molecule has 0 amide bonds. The Kier molecular flexibility index (Phi) is 5.26. The van der Waals surface area contributed by atoms with Gasteiger partial charge in [0, 0.05) is 6.54 Å². The highest BCUT2D eigenvalue weighted by Crippen LogP contribution is 2.19. The monoisotopic (exact) mass is 333 g/mol. The van der Waals surface area contributed by atoms with E-state index in [2.05, 4.69) is 28.9 Å². The summed E-state index contributed by atoms with van der Waals surface area (Å²) in [6.45, 7) is 8.88. The van der Waals surface area contributed by atoms with E-state index < -0.39 is 10.0 Å². The minimum absolute atomic E-state index is 0.252. The molecule has 6 heteroatoms. The molecule has 0 saturated heterocycles. The topological polar surface area (TPSA) is 71.1 Å². The molecule has 1 heterocycles. The average molecular weight is 333 g/mol. The van der Waals surface area contributed by atoms with Gasteiger partial charge in [-0.05, 0) is 55.2 Å². The zero-order valence-electron chi connectivity index (χ0n) is 13.9. The van der Waals surface area contributed by atoms with Crippen molar-refractivity contribution < 1.29 is 8.42 Å². The Labute approximate surface area is 138 Å². The van der Waals surface area contributed by atoms with Gasteiger partial charge in [-0.25, -0.2) is 13.4 Å². The predicted octanol–water partition coefficient (Wildman–Crippen LogP) is 3.57. The van der Waals surface area contributed by atoms with Gasteiger partial charge in [0.15, 0.2) is 0 Å². The van der Waals surface area contributed by atoms with Crippen LogP contribution in [0.1, 0.15) is 25.0 Å². The van der Waals surface area contributed by atoms with Crippen molar-refractivity contribution in [2.45, 2.75) is 32.6 Å². The zero-order chi connectivity index (χ0) is 17.0. The number of sulfonamides is 1. The van der Waals surface area contributed by atoms with Crippen molar-refractivity contribution in [3.05, 3.63) is 47.7 Å². The van der Waals surface area contributed by atoms with Gasteiger partial charge < -0.3 is 5.32 Å². The van der Waals surface area contributed by atoms with Crippen LogP contribution in [0.15, 0.2) is 41.4 Å². The molecule has 0 saturated carbocycles. The summed E-state index contributed by atoms with van der Waals surface area (Å²) in [5.41, 5.74) is 2.45. The standard InChI is InChI=1S/C17H23N3O2S/c1-12(2)10-18-17-8-6-15(11-19-17)20-23(21,22)16-7-5-13(3)14(4)9-16/h5-9,11-12,20H,10H2,1-4H3,(H,18,19). The Morgan fingerprint density at radius 2 is 1.83 bits per heavy atom. The Morgan fingerprint density at radius 3 is 2.39 bits per heavy atom. The summed E-state index contributed by atoms with van der Waals surface area (Å²) >= 11 is 0. The summed E-state index contributed by atoms with van der Waals surface area (Å²) in [7, 11) is -3.60. The fourth-order valence-electron chi connectivity index (χ4n) is 1.96. The molecule has 5 nitrogen and oxygen atoms in total. The first-order valence-electron chi connectivity index (χ1n) is 7.58. The van der Waals surface area contributed by atoms with Crippen LogP contribution < -0.4 is 10.0 Å². The molecule has 0 aliphatic carbocycles. The van der Waals surface area contributed by atoms with E-state index in [1.807, 2.05) is 13.8 Å². The van der Waals surface area contributed by atoms with Crippen LogP contribution in [-0.4, -0.2) is 19.9 Å². The molecule has 124 valence electrons. The van der Waals surface area contributed by atoms with Gasteiger partial charge in [-0.2, -0.15) is 0 Å². The summed E-state index contributed by atoms with van der Waals surface area (Å²) in [6.07, 6.45) is 1.52. The average Bonchev–Trinajstić information content (AvgIpc) is 2.49. The lowest BCUT2D eigenvalue weighted by molar-refractivity contribution is 0.601. The molecule has 2 aromatic rings. The van der Waals surface area contributed by atoms with E-state index in [-0.39, 0.29) is 4.90 Å². The Balaban J connectivity index is 2.12. The summed E-state index contributed by atoms with van der Waals surface area (Å²) in [6, 6.07) is 8.55. The van der Waals surface area contributed by atoms with Crippen molar-refractivity contribution in [3.8, 4) is 0 Å². The molecule has 0 unspecified atom stereocenters. The van der Waals surface area contributed by atoms with Gasteiger partial charge in [-0.1, -0.05) is 19.9 Å². The summed E-state index contributed by atoms with van der Waals surface area (Å²) in [5.74, 6) is 1.24. The maximum atomic E-state index is 12.4. The summed E-state index contributed by atoms with van der Waals surface area (Å²) in [4.78, 5) is 4.47. The van der Waals surface area contributed by atoms with Crippen LogP contribution in [0, 0.1) is 19.8 Å². The first-order valence-corrected chi connectivity index (χ1v) is 9.06. The van der Waals surface area contributed by atoms with Crippen molar-refractivity contribution >= 4 is 21.5 Å². The van der Waals surface area contributed by atoms with Crippen LogP contribution in [0.4, 0.5) is 11.5 Å². The van der Waals surface area contributed by atoms with Crippen LogP contribution >= 0.6 is 0 Å². The number of pyridine rings is 1. The molecule has 1 aromatic carbocycles. The second-order valence-corrected chi connectivity index (χ2v) is 7.74. The number of nitrogens with one attached hydrogen (secondary N) is 2. The fourth-order valence-corrected chi connectivity index (χ4v) is 3.09. The lowest BCUT2D eigenvalue weighted by Crippen LogP contribution is -2.14. The van der Waals surface area contributed by atoms with E-state index in [9.17, 15) is 8.42 Å². The van der Waals surface area contributed by atoms with E-state index in [1.165, 1.54) is 6.20 Å². The van der Waals surface area contributed by atoms with Crippen molar-refractivity contribution in [2.75, 3.05) is 16.6 Å². The van der Waals surface area contributed by atoms with E-state index in [0.29, 0.717) is 11.6 Å². The second-order valence-electron chi connectivity index (χ2n) is 6.06. The van der Waals surface area contributed by atoms with Crippen molar-refractivity contribution in [1.82, 2.24) is 4.98 Å². The molecular formula is C17H23N3O2S. The molecule has 23 heavy (non-hydrogen) atoms. The molecule has 2 rings (SSSR count). The molecular weight excluding hydrogens is 310 g/mol. The number of anilines is 2. The number of hydrogen-bond donors (Lipinski definition) is 2. The maximum Gasteiger partial charge on any atom is 0.261 e. The minimum atomic E-state index is -3.60. The van der Waals surface area contributed by atoms with Crippen molar-refractivity contribution in [3.63, 3.8) is 0 Å². The van der Waals surface area contributed by atoms with Gasteiger partial charge in [-0.3, -0.25) is 4.72 Å². The molecule has 0 aliphatic heterocycles. The molecule has 0 fully saturated rings. The van der Waals surface area contributed by atoms with E-state index in [1.54, 1.807) is 30.3 Å². The minimum Gasteiger partial charge on any atom is -0.370 e. The van der Waals surface area contributed by atoms with Crippen LogP contribution in [0.2, 0.25) is 0 Å². The van der Waals surface area contributed by atoms with Gasteiger partial charge in [-0.15, -0.1) is 0 Å². The van der Waals surface area contributed by atoms with E-state index >= 15 is 0 Å². The molecule has 1 aromatic heterocycles. The molecule has 2 N–H and O–H groups in total. The third-order valence-electron chi connectivity index (χ3n) is 3.50. The number of hydrogen-bond acceptors (Lipinski definition) is 4. The van der Waals surface area contributed by atoms with E-state index in [0.717, 1.165) is 23.5 Å². The van der Waals surface area contributed by atoms with Crippen LogP contribution in [-0.2, 0) is 10.0 Å². The highest BCUT2D eigenvalue weighted by atomic mass is 32.2. The van der Waals surface area contributed by atoms with Gasteiger partial charge in [0.25, 0.3) is 10.0 Å². The number of aromatic nitrogens is 1. The van der Waals surface area contributed by atoms with Crippen LogP contribution in [0.3, 0.4) is 0 Å². The number of aryl methyl sites for hydroxylation is 2. The maximum absolute atomic E-state index is 12.4. The van der Waals surface area contributed by atoms with Crippen molar-refractivity contribution in [1.29, 1.82) is 0 Å². The molecule has 0 aliphatic rings. The van der Waals surface area contributed by atoms with Gasteiger partial charge in [0.05, 0.1) is 16.8 Å². The smallest absolute Gasteiger partial charge is 0.261 e. The van der Waals surface area contributed by atoms with Gasteiger partial charge in [0.2, 0.25) is 0 Å². The Morgan fingerprint density at radius 1 is 1.09 bits per heavy atom. The van der Waals surface area contributed by atoms with Gasteiger partial charge in [0.1, 0.15) is 5.82 Å². The first-order chi connectivity index (χ1) is 10.8. The number of benzene rings is 1. The molecule has 0 atom stereocenters. The second kappa shape index (κ2) is 7.00. The third-order valence-corrected chi connectivity index (χ3v) is 4.87. The van der Waals surface area contributed by atoms with Gasteiger partial charge >= 0.3 is 0 Å². The quantitative estimate of drug-likeness (QED) is 0.848. The summed E-state index contributed by atoms with van der Waals surface area (Å²) < 4.78 is 27.4. The SMILES string of the molecule is Cc1ccc(S(=O)(=O)Nc2ccc(NCC(C)C)nc2)cc1C. The number of nitrogens with zero attached hydrogens (tertiary/aromatic N) is 1. The largest absolute Gasteiger partial charge is 0.370 e. The molecule has 0 radical (unpaired) electrons. The van der Waals surface area contributed by atoms with Crippen molar-refractivity contribution in [2.24, 2.45) is 5.92 Å². The Hall–Kier alpha value is -2.08. The normalized spacial score (nSPS) is 11.5. The number of rotatable bonds is 6. The lowest BCUT2D eigenvalue weighted by Gasteiger charge is -2.11. The lowest BCUT2D eigenvalue weighted by atomic mass is 10.1.